The van der Waals surface area contributed by atoms with E-state index < -0.39 is 24.0 Å². The molecule has 0 aromatic heterocycles. The maximum atomic E-state index is 12.8. The summed E-state index contributed by atoms with van der Waals surface area (Å²) in [4.78, 5) is 37.8. The van der Waals surface area contributed by atoms with Crippen molar-refractivity contribution in [3.05, 3.63) is 35.4 Å². The molecule has 0 bridgehead atoms. The van der Waals surface area contributed by atoms with Gasteiger partial charge in [0, 0.05) is 24.1 Å². The number of carbonyl (C=O) groups excluding carboxylic acids is 2. The molecule has 1 aromatic rings. The van der Waals surface area contributed by atoms with E-state index in [9.17, 15) is 19.5 Å². The third-order valence-corrected chi connectivity index (χ3v) is 5.52. The lowest BCUT2D eigenvalue weighted by Gasteiger charge is -2.41. The third kappa shape index (κ3) is 1.97. The second-order valence-corrected chi connectivity index (χ2v) is 6.70. The summed E-state index contributed by atoms with van der Waals surface area (Å²) in [6.07, 6.45) is 1.75. The molecule has 1 saturated carbocycles. The highest BCUT2D eigenvalue weighted by Gasteiger charge is 2.55. The Bertz CT molecular complexity index is 709. The van der Waals surface area contributed by atoms with Gasteiger partial charge in [-0.05, 0) is 18.9 Å². The number of nitrogens with zero attached hydrogens (tertiary/aromatic N) is 1. The molecule has 1 amide bonds. The number of amides is 1. The second-order valence-electron chi connectivity index (χ2n) is 6.70. The molecule has 3 aliphatic rings. The number of carboxylic acid groups (broad SMARTS) is 1. The van der Waals surface area contributed by atoms with E-state index in [4.69, 9.17) is 4.74 Å². The number of carbonyl (C=O) groups is 3. The van der Waals surface area contributed by atoms with E-state index in [1.165, 1.54) is 0 Å². The molecule has 2 fully saturated rings. The zero-order valence-electron chi connectivity index (χ0n) is 12.5. The lowest BCUT2D eigenvalue weighted by atomic mass is 9.63. The van der Waals surface area contributed by atoms with Crippen molar-refractivity contribution in [1.29, 1.82) is 0 Å². The standard InChI is InChI=1S/C17H17NO5/c19-14(13-10-4-1-2-5-11(10)16(22)23-13)18-8-12(15(20)21)17(9-18)6-3-7-17/h1-2,4-5,12-13H,3,6-9H2,(H,20,21). The molecule has 120 valence electrons. The first-order valence-corrected chi connectivity index (χ1v) is 7.83. The molecule has 2 atom stereocenters. The Balaban J connectivity index is 1.59. The molecular formula is C17H17NO5. The highest BCUT2D eigenvalue weighted by Crippen LogP contribution is 2.52. The monoisotopic (exact) mass is 315 g/mol. The van der Waals surface area contributed by atoms with Crippen LogP contribution in [0.3, 0.4) is 0 Å². The average molecular weight is 315 g/mol. The molecule has 6 nitrogen and oxygen atoms in total. The van der Waals surface area contributed by atoms with E-state index in [1.54, 1.807) is 29.2 Å². The molecule has 2 aliphatic heterocycles. The molecule has 2 unspecified atom stereocenters. The highest BCUT2D eigenvalue weighted by molar-refractivity contribution is 6.00. The number of aliphatic carboxylic acids is 1. The Morgan fingerprint density at radius 2 is 2.00 bits per heavy atom. The van der Waals surface area contributed by atoms with Crippen LogP contribution in [0.5, 0.6) is 0 Å². The lowest BCUT2D eigenvalue weighted by Crippen LogP contribution is -2.41. The van der Waals surface area contributed by atoms with Crippen molar-refractivity contribution >= 4 is 17.8 Å². The van der Waals surface area contributed by atoms with E-state index >= 15 is 0 Å². The van der Waals surface area contributed by atoms with E-state index in [0.29, 0.717) is 17.7 Å². The summed E-state index contributed by atoms with van der Waals surface area (Å²) in [6.45, 7) is 0.642. The summed E-state index contributed by atoms with van der Waals surface area (Å²) in [5.74, 6) is -2.17. The number of fused-ring (bicyclic) bond motifs is 1. The second kappa shape index (κ2) is 4.81. The van der Waals surface area contributed by atoms with Gasteiger partial charge in [0.05, 0.1) is 11.5 Å². The number of cyclic esters (lactones) is 1. The minimum atomic E-state index is -0.941. The zero-order valence-corrected chi connectivity index (χ0v) is 12.5. The van der Waals surface area contributed by atoms with Crippen molar-refractivity contribution in [2.75, 3.05) is 13.1 Å². The third-order valence-electron chi connectivity index (χ3n) is 5.52. The summed E-state index contributed by atoms with van der Waals surface area (Å²) < 4.78 is 5.24. The van der Waals surface area contributed by atoms with Crippen LogP contribution >= 0.6 is 0 Å². The van der Waals surface area contributed by atoms with Crippen molar-refractivity contribution in [2.45, 2.75) is 25.4 Å². The first-order chi connectivity index (χ1) is 11.0. The molecule has 23 heavy (non-hydrogen) atoms. The predicted octanol–water partition coefficient (Wildman–Crippen LogP) is 1.61. The van der Waals surface area contributed by atoms with Crippen LogP contribution in [0.4, 0.5) is 0 Å². The molecular weight excluding hydrogens is 298 g/mol. The van der Waals surface area contributed by atoms with Crippen LogP contribution in [0.15, 0.2) is 24.3 Å². The van der Waals surface area contributed by atoms with Gasteiger partial charge in [-0.1, -0.05) is 24.6 Å². The number of esters is 1. The van der Waals surface area contributed by atoms with Gasteiger partial charge >= 0.3 is 11.9 Å². The fourth-order valence-corrected chi connectivity index (χ4v) is 4.11. The largest absolute Gasteiger partial charge is 0.481 e. The molecule has 1 spiro atoms. The number of hydrogen-bond acceptors (Lipinski definition) is 4. The highest BCUT2D eigenvalue weighted by atomic mass is 16.6. The smallest absolute Gasteiger partial charge is 0.339 e. The summed E-state index contributed by atoms with van der Waals surface area (Å²) >= 11 is 0. The SMILES string of the molecule is O=C1OC(C(=O)N2CC(C(=O)O)C3(CCC3)C2)c2ccccc21. The van der Waals surface area contributed by atoms with Crippen LogP contribution < -0.4 is 0 Å². The molecule has 4 rings (SSSR count). The van der Waals surface area contributed by atoms with Crippen LogP contribution in [0, 0.1) is 11.3 Å². The van der Waals surface area contributed by atoms with Gasteiger partial charge in [-0.3, -0.25) is 9.59 Å². The number of likely N-dealkylation sites (tertiary alicyclic amines) is 1. The van der Waals surface area contributed by atoms with Crippen LogP contribution in [0.2, 0.25) is 0 Å². The lowest BCUT2D eigenvalue weighted by molar-refractivity contribution is -0.146. The summed E-state index contributed by atoms with van der Waals surface area (Å²) in [7, 11) is 0. The Morgan fingerprint density at radius 3 is 2.61 bits per heavy atom. The molecule has 1 aliphatic carbocycles. The topological polar surface area (TPSA) is 83.9 Å². The summed E-state index contributed by atoms with van der Waals surface area (Å²) in [5.41, 5.74) is 0.700. The Hall–Kier alpha value is -2.37. The van der Waals surface area contributed by atoms with Gasteiger partial charge in [0.2, 0.25) is 6.10 Å². The van der Waals surface area contributed by atoms with Gasteiger partial charge in [0.15, 0.2) is 0 Å². The quantitative estimate of drug-likeness (QED) is 0.838. The van der Waals surface area contributed by atoms with E-state index in [-0.39, 0.29) is 17.9 Å². The predicted molar refractivity (Wildman–Crippen MR) is 78.6 cm³/mol. The molecule has 6 heteroatoms. The van der Waals surface area contributed by atoms with E-state index in [2.05, 4.69) is 0 Å². The summed E-state index contributed by atoms with van der Waals surface area (Å²) in [5, 5.41) is 9.46. The van der Waals surface area contributed by atoms with Crippen molar-refractivity contribution in [2.24, 2.45) is 11.3 Å². The van der Waals surface area contributed by atoms with E-state index in [1.807, 2.05) is 0 Å². The Morgan fingerprint density at radius 1 is 1.26 bits per heavy atom. The first kappa shape index (κ1) is 14.2. The van der Waals surface area contributed by atoms with Crippen molar-refractivity contribution < 1.29 is 24.2 Å². The molecule has 1 N–H and O–H groups in total. The van der Waals surface area contributed by atoms with E-state index in [0.717, 1.165) is 19.3 Å². The normalized spacial score (nSPS) is 27.5. The zero-order chi connectivity index (χ0) is 16.2. The minimum Gasteiger partial charge on any atom is -0.481 e. The number of benzene rings is 1. The number of rotatable bonds is 2. The van der Waals surface area contributed by atoms with Crippen LogP contribution in [0.1, 0.15) is 41.3 Å². The van der Waals surface area contributed by atoms with Crippen molar-refractivity contribution in [3.63, 3.8) is 0 Å². The fourth-order valence-electron chi connectivity index (χ4n) is 4.11. The van der Waals surface area contributed by atoms with Gasteiger partial charge in [-0.25, -0.2) is 4.79 Å². The number of hydrogen-bond donors (Lipinski definition) is 1. The van der Waals surface area contributed by atoms with Gasteiger partial charge in [0.1, 0.15) is 0 Å². The van der Waals surface area contributed by atoms with Crippen molar-refractivity contribution in [1.82, 2.24) is 4.90 Å². The van der Waals surface area contributed by atoms with Gasteiger partial charge in [0.25, 0.3) is 5.91 Å². The van der Waals surface area contributed by atoms with Crippen LogP contribution in [-0.4, -0.2) is 40.9 Å². The van der Waals surface area contributed by atoms with Crippen LogP contribution in [-0.2, 0) is 14.3 Å². The maximum absolute atomic E-state index is 12.8. The average Bonchev–Trinajstić information content (AvgIpc) is 3.06. The molecule has 2 heterocycles. The summed E-state index contributed by atoms with van der Waals surface area (Å²) in [6, 6.07) is 6.85. The Kier molecular flexibility index (Phi) is 2.98. The van der Waals surface area contributed by atoms with Gasteiger partial charge in [-0.15, -0.1) is 0 Å². The minimum absolute atomic E-state index is 0.199. The van der Waals surface area contributed by atoms with Gasteiger partial charge in [-0.2, -0.15) is 0 Å². The van der Waals surface area contributed by atoms with Gasteiger partial charge < -0.3 is 14.7 Å². The number of ether oxygens (including phenoxy) is 1. The fraction of sp³-hybridized carbons (Fsp3) is 0.471. The molecule has 1 saturated heterocycles. The number of carboxylic acids is 1. The first-order valence-electron chi connectivity index (χ1n) is 7.83. The van der Waals surface area contributed by atoms with Crippen LogP contribution in [0.25, 0.3) is 0 Å². The maximum Gasteiger partial charge on any atom is 0.339 e. The molecule has 0 radical (unpaired) electrons. The molecule has 1 aromatic carbocycles. The van der Waals surface area contributed by atoms with Crippen molar-refractivity contribution in [3.8, 4) is 0 Å². The Labute approximate surface area is 133 Å².